The topological polar surface area (TPSA) is 42.2 Å². The third-order valence-electron chi connectivity index (χ3n) is 4.67. The average Bonchev–Trinajstić information content (AvgIpc) is 2.42. The minimum absolute atomic E-state index is 0.551. The molecule has 1 aliphatic rings. The maximum absolute atomic E-state index is 6.05. The van der Waals surface area contributed by atoms with E-state index in [1.165, 1.54) is 25.7 Å². The first-order valence-electron chi connectivity index (χ1n) is 7.08. The number of hydrogen-bond acceptors (Lipinski definition) is 3. The summed E-state index contributed by atoms with van der Waals surface area (Å²) in [4.78, 5) is 6.95. The van der Waals surface area contributed by atoms with Crippen LogP contribution in [-0.4, -0.2) is 18.1 Å². The zero-order chi connectivity index (χ0) is 13.2. The normalized spacial score (nSPS) is 18.9. The van der Waals surface area contributed by atoms with Crippen LogP contribution in [0, 0.1) is 12.3 Å². The SMILES string of the molecule is CCC1(CC)CCN(c2nc(C)ccc2N)CC1. The van der Waals surface area contributed by atoms with Gasteiger partial charge in [0.05, 0.1) is 5.69 Å². The number of nitrogens with two attached hydrogens (primary N) is 1. The molecule has 2 N–H and O–H groups in total. The summed E-state index contributed by atoms with van der Waals surface area (Å²) in [5.74, 6) is 0.982. The lowest BCUT2D eigenvalue weighted by Crippen LogP contribution is -2.40. The minimum Gasteiger partial charge on any atom is -0.396 e. The van der Waals surface area contributed by atoms with Crippen LogP contribution in [0.3, 0.4) is 0 Å². The summed E-state index contributed by atoms with van der Waals surface area (Å²) in [6.45, 7) is 8.83. The quantitative estimate of drug-likeness (QED) is 0.890. The van der Waals surface area contributed by atoms with Gasteiger partial charge < -0.3 is 10.6 Å². The third-order valence-corrected chi connectivity index (χ3v) is 4.67. The van der Waals surface area contributed by atoms with Gasteiger partial charge >= 0.3 is 0 Å². The van der Waals surface area contributed by atoms with Gasteiger partial charge in [-0.25, -0.2) is 4.98 Å². The zero-order valence-corrected chi connectivity index (χ0v) is 11.9. The Hall–Kier alpha value is -1.25. The van der Waals surface area contributed by atoms with E-state index < -0.39 is 0 Å². The van der Waals surface area contributed by atoms with Crippen LogP contribution in [0.15, 0.2) is 12.1 Å². The highest BCUT2D eigenvalue weighted by Crippen LogP contribution is 2.39. The van der Waals surface area contributed by atoms with Gasteiger partial charge in [-0.05, 0) is 37.3 Å². The van der Waals surface area contributed by atoms with E-state index in [0.717, 1.165) is 30.3 Å². The Bertz CT molecular complexity index is 400. The van der Waals surface area contributed by atoms with Crippen molar-refractivity contribution in [2.45, 2.75) is 46.5 Å². The lowest BCUT2D eigenvalue weighted by molar-refractivity contribution is 0.199. The van der Waals surface area contributed by atoms with Crippen molar-refractivity contribution >= 4 is 11.5 Å². The predicted molar refractivity (Wildman–Crippen MR) is 77.8 cm³/mol. The first-order chi connectivity index (χ1) is 8.60. The molecule has 1 aromatic rings. The Kier molecular flexibility index (Phi) is 3.79. The molecule has 0 aliphatic carbocycles. The van der Waals surface area contributed by atoms with Crippen molar-refractivity contribution in [2.75, 3.05) is 23.7 Å². The second-order valence-corrected chi connectivity index (χ2v) is 5.56. The molecule has 1 fully saturated rings. The summed E-state index contributed by atoms with van der Waals surface area (Å²) in [6.07, 6.45) is 5.09. The van der Waals surface area contributed by atoms with Crippen LogP contribution in [0.25, 0.3) is 0 Å². The maximum Gasteiger partial charge on any atom is 0.152 e. The van der Waals surface area contributed by atoms with Crippen molar-refractivity contribution in [3.63, 3.8) is 0 Å². The molecule has 1 aliphatic heterocycles. The molecule has 0 amide bonds. The lowest BCUT2D eigenvalue weighted by atomic mass is 9.74. The van der Waals surface area contributed by atoms with Crippen LogP contribution in [0.1, 0.15) is 45.2 Å². The van der Waals surface area contributed by atoms with Gasteiger partial charge in [-0.1, -0.05) is 26.7 Å². The van der Waals surface area contributed by atoms with Crippen molar-refractivity contribution in [3.05, 3.63) is 17.8 Å². The molecule has 0 aromatic carbocycles. The molecule has 100 valence electrons. The van der Waals surface area contributed by atoms with E-state index in [-0.39, 0.29) is 0 Å². The van der Waals surface area contributed by atoms with Gasteiger partial charge in [0.2, 0.25) is 0 Å². The van der Waals surface area contributed by atoms with Crippen LogP contribution in [0.4, 0.5) is 11.5 Å². The minimum atomic E-state index is 0.551. The number of pyridine rings is 1. The number of nitrogen functional groups attached to an aromatic ring is 1. The second kappa shape index (κ2) is 5.17. The molecule has 3 nitrogen and oxygen atoms in total. The highest BCUT2D eigenvalue weighted by atomic mass is 15.2. The van der Waals surface area contributed by atoms with Gasteiger partial charge in [0, 0.05) is 18.8 Å². The number of nitrogens with zero attached hydrogens (tertiary/aromatic N) is 2. The van der Waals surface area contributed by atoms with E-state index in [4.69, 9.17) is 5.73 Å². The number of piperidine rings is 1. The molecule has 2 heterocycles. The average molecular weight is 247 g/mol. The fourth-order valence-corrected chi connectivity index (χ4v) is 2.96. The second-order valence-electron chi connectivity index (χ2n) is 5.56. The van der Waals surface area contributed by atoms with Crippen LogP contribution < -0.4 is 10.6 Å². The highest BCUT2D eigenvalue weighted by Gasteiger charge is 2.32. The molecule has 1 aromatic heterocycles. The molecule has 18 heavy (non-hydrogen) atoms. The van der Waals surface area contributed by atoms with E-state index in [2.05, 4.69) is 23.7 Å². The highest BCUT2D eigenvalue weighted by molar-refractivity contribution is 5.63. The van der Waals surface area contributed by atoms with Crippen molar-refractivity contribution in [2.24, 2.45) is 5.41 Å². The summed E-state index contributed by atoms with van der Waals surface area (Å²) < 4.78 is 0. The molecule has 0 saturated carbocycles. The molecule has 0 spiro atoms. The lowest BCUT2D eigenvalue weighted by Gasteiger charge is -2.41. The third kappa shape index (κ3) is 2.45. The van der Waals surface area contributed by atoms with E-state index in [1.807, 2.05) is 19.1 Å². The Balaban J connectivity index is 2.12. The van der Waals surface area contributed by atoms with E-state index >= 15 is 0 Å². The van der Waals surface area contributed by atoms with Gasteiger partial charge in [0.25, 0.3) is 0 Å². The summed E-state index contributed by atoms with van der Waals surface area (Å²) in [7, 11) is 0. The van der Waals surface area contributed by atoms with E-state index in [9.17, 15) is 0 Å². The Morgan fingerprint density at radius 2 is 1.83 bits per heavy atom. The van der Waals surface area contributed by atoms with Gasteiger partial charge in [-0.3, -0.25) is 0 Å². The largest absolute Gasteiger partial charge is 0.396 e. The summed E-state index contributed by atoms with van der Waals surface area (Å²) in [5, 5.41) is 0. The summed E-state index contributed by atoms with van der Waals surface area (Å²) in [6, 6.07) is 3.95. The first-order valence-corrected chi connectivity index (χ1v) is 7.08. The number of anilines is 2. The number of aromatic nitrogens is 1. The maximum atomic E-state index is 6.05. The standard InChI is InChI=1S/C15H25N3/c1-4-15(5-2)8-10-18(11-9-15)14-13(16)7-6-12(3)17-14/h6-7H,4-5,8-11,16H2,1-3H3. The van der Waals surface area contributed by atoms with E-state index in [0.29, 0.717) is 5.41 Å². The predicted octanol–water partition coefficient (Wildman–Crippen LogP) is 3.38. The Morgan fingerprint density at radius 1 is 1.22 bits per heavy atom. The smallest absolute Gasteiger partial charge is 0.152 e. The van der Waals surface area contributed by atoms with Gasteiger partial charge in [-0.2, -0.15) is 0 Å². The molecule has 0 unspecified atom stereocenters. The summed E-state index contributed by atoms with van der Waals surface area (Å²) >= 11 is 0. The molecule has 2 rings (SSSR count). The van der Waals surface area contributed by atoms with E-state index in [1.54, 1.807) is 0 Å². The van der Waals surface area contributed by atoms with Gasteiger partial charge in [0.1, 0.15) is 0 Å². The number of hydrogen-bond donors (Lipinski definition) is 1. The molecule has 0 bridgehead atoms. The fraction of sp³-hybridized carbons (Fsp3) is 0.667. The number of rotatable bonds is 3. The molecule has 0 atom stereocenters. The molecule has 0 radical (unpaired) electrons. The van der Waals surface area contributed by atoms with Crippen molar-refractivity contribution < 1.29 is 0 Å². The molecular formula is C15H25N3. The zero-order valence-electron chi connectivity index (χ0n) is 11.9. The molecule has 1 saturated heterocycles. The van der Waals surface area contributed by atoms with Crippen LogP contribution >= 0.6 is 0 Å². The number of aryl methyl sites for hydroxylation is 1. The van der Waals surface area contributed by atoms with Gasteiger partial charge in [0.15, 0.2) is 5.82 Å². The van der Waals surface area contributed by atoms with Crippen LogP contribution in [0.5, 0.6) is 0 Å². The van der Waals surface area contributed by atoms with Gasteiger partial charge in [-0.15, -0.1) is 0 Å². The van der Waals surface area contributed by atoms with Crippen LogP contribution in [-0.2, 0) is 0 Å². The Morgan fingerprint density at radius 3 is 2.39 bits per heavy atom. The first kappa shape index (κ1) is 13.2. The Labute approximate surface area is 110 Å². The van der Waals surface area contributed by atoms with Crippen molar-refractivity contribution in [1.29, 1.82) is 0 Å². The molecule has 3 heteroatoms. The van der Waals surface area contributed by atoms with Crippen LogP contribution in [0.2, 0.25) is 0 Å². The fourth-order valence-electron chi connectivity index (χ4n) is 2.96. The van der Waals surface area contributed by atoms with Crippen molar-refractivity contribution in [1.82, 2.24) is 4.98 Å². The summed E-state index contributed by atoms with van der Waals surface area (Å²) in [5.41, 5.74) is 8.45. The van der Waals surface area contributed by atoms with Crippen molar-refractivity contribution in [3.8, 4) is 0 Å². The monoisotopic (exact) mass is 247 g/mol. The molecular weight excluding hydrogens is 222 g/mol.